The zero-order chi connectivity index (χ0) is 12.3. The number of hydrogen-bond acceptors (Lipinski definition) is 2. The Morgan fingerprint density at radius 1 is 0.611 bits per heavy atom. The van der Waals surface area contributed by atoms with Gasteiger partial charge in [0, 0.05) is 11.1 Å². The summed E-state index contributed by atoms with van der Waals surface area (Å²) >= 11 is 0. The average Bonchev–Trinajstić information content (AvgIpc) is 2.87. The third-order valence-corrected chi connectivity index (χ3v) is 4.02. The molecule has 0 aliphatic heterocycles. The summed E-state index contributed by atoms with van der Waals surface area (Å²) in [7, 11) is 0. The molecule has 0 saturated heterocycles. The number of fused-ring (bicyclic) bond motifs is 5. The second-order valence-corrected chi connectivity index (χ2v) is 4.86. The Bertz CT molecular complexity index is 638. The second-order valence-electron chi connectivity index (χ2n) is 4.86. The molecule has 0 amide bonds. The fourth-order valence-electron chi connectivity index (χ4n) is 3.26. The van der Waals surface area contributed by atoms with Crippen LogP contribution in [0.3, 0.4) is 0 Å². The highest BCUT2D eigenvalue weighted by molar-refractivity contribution is 6.19. The molecule has 2 heteroatoms. The number of carbonyl (C=O) groups excluding carboxylic acids is 2. The van der Waals surface area contributed by atoms with E-state index in [0.717, 1.165) is 22.3 Å². The third-order valence-electron chi connectivity index (χ3n) is 4.02. The number of Topliss-reactive ketones (excluding diaryl/α,β-unsaturated/α-hetero) is 2. The summed E-state index contributed by atoms with van der Waals surface area (Å²) in [5.41, 5.74) is 3.23. The van der Waals surface area contributed by atoms with E-state index in [0.29, 0.717) is 0 Å². The van der Waals surface area contributed by atoms with E-state index < -0.39 is 0 Å². The van der Waals surface area contributed by atoms with Crippen LogP contribution >= 0.6 is 0 Å². The molecule has 86 valence electrons. The van der Waals surface area contributed by atoms with Crippen LogP contribution in [-0.4, -0.2) is 11.6 Å². The van der Waals surface area contributed by atoms with E-state index in [-0.39, 0.29) is 23.4 Å². The van der Waals surface area contributed by atoms with Crippen LogP contribution in [0.1, 0.15) is 43.7 Å². The Kier molecular flexibility index (Phi) is 1.72. The van der Waals surface area contributed by atoms with Crippen molar-refractivity contribution in [3.63, 3.8) is 0 Å². The van der Waals surface area contributed by atoms with Crippen molar-refractivity contribution in [3.05, 3.63) is 70.8 Å². The van der Waals surface area contributed by atoms with E-state index >= 15 is 0 Å². The summed E-state index contributed by atoms with van der Waals surface area (Å²) < 4.78 is 0. The molecule has 0 saturated carbocycles. The monoisotopic (exact) mass is 234 g/mol. The minimum Gasteiger partial charge on any atom is -0.293 e. The zero-order valence-corrected chi connectivity index (χ0v) is 9.59. The van der Waals surface area contributed by atoms with Crippen LogP contribution in [0.25, 0.3) is 0 Å². The molecular formula is C16H10O2. The lowest BCUT2D eigenvalue weighted by molar-refractivity contribution is 0.0913. The van der Waals surface area contributed by atoms with Crippen molar-refractivity contribution in [1.29, 1.82) is 0 Å². The maximum atomic E-state index is 12.4. The Morgan fingerprint density at radius 2 is 1.00 bits per heavy atom. The lowest BCUT2D eigenvalue weighted by atomic mass is 9.92. The molecular weight excluding hydrogens is 224 g/mol. The van der Waals surface area contributed by atoms with Crippen LogP contribution in [0.4, 0.5) is 0 Å². The van der Waals surface area contributed by atoms with Gasteiger partial charge in [0.25, 0.3) is 0 Å². The van der Waals surface area contributed by atoms with Crippen LogP contribution in [0.5, 0.6) is 0 Å². The van der Waals surface area contributed by atoms with Gasteiger partial charge in [-0.15, -0.1) is 0 Å². The predicted molar refractivity (Wildman–Crippen MR) is 67.0 cm³/mol. The highest BCUT2D eigenvalue weighted by atomic mass is 16.1. The molecule has 0 radical (unpaired) electrons. The lowest BCUT2D eigenvalue weighted by Crippen LogP contribution is -2.09. The molecule has 2 aliphatic carbocycles. The first kappa shape index (κ1) is 9.77. The second kappa shape index (κ2) is 3.16. The topological polar surface area (TPSA) is 34.1 Å². The molecule has 0 N–H and O–H groups in total. The Balaban J connectivity index is 2.01. The van der Waals surface area contributed by atoms with Gasteiger partial charge in [0.15, 0.2) is 11.6 Å². The molecule has 0 bridgehead atoms. The fraction of sp³-hybridized carbons (Fsp3) is 0.125. The number of benzene rings is 2. The molecule has 2 aliphatic rings. The first-order chi connectivity index (χ1) is 8.79. The minimum absolute atomic E-state index is 0.0916. The first-order valence-corrected chi connectivity index (χ1v) is 6.05. The van der Waals surface area contributed by atoms with E-state index in [1.807, 2.05) is 48.5 Å². The van der Waals surface area contributed by atoms with Gasteiger partial charge >= 0.3 is 0 Å². The lowest BCUT2D eigenvalue weighted by Gasteiger charge is -2.06. The van der Waals surface area contributed by atoms with Crippen molar-refractivity contribution in [1.82, 2.24) is 0 Å². The first-order valence-electron chi connectivity index (χ1n) is 6.05. The van der Waals surface area contributed by atoms with Gasteiger partial charge < -0.3 is 0 Å². The fourth-order valence-corrected chi connectivity index (χ4v) is 3.26. The molecule has 2 nitrogen and oxygen atoms in total. The van der Waals surface area contributed by atoms with Crippen molar-refractivity contribution in [2.75, 3.05) is 0 Å². The van der Waals surface area contributed by atoms with Crippen LogP contribution in [-0.2, 0) is 0 Å². The van der Waals surface area contributed by atoms with Gasteiger partial charge in [0.05, 0.1) is 11.8 Å². The third kappa shape index (κ3) is 0.986. The standard InChI is InChI=1S/C16H10O2/c17-15-11-7-3-1-5-9(11)13-14(15)10-6-2-4-8-12(10)16(13)18/h1-8,13-14H/t13-,14-/m0/s1. The molecule has 2 atom stereocenters. The molecule has 0 aromatic heterocycles. The normalized spacial score (nSPS) is 23.8. The van der Waals surface area contributed by atoms with Crippen LogP contribution in [0, 0.1) is 0 Å². The summed E-state index contributed by atoms with van der Waals surface area (Å²) in [5.74, 6) is -0.389. The number of hydrogen-bond donors (Lipinski definition) is 0. The smallest absolute Gasteiger partial charge is 0.171 e. The van der Waals surface area contributed by atoms with Gasteiger partial charge in [-0.25, -0.2) is 0 Å². The average molecular weight is 234 g/mol. The molecule has 0 heterocycles. The van der Waals surface area contributed by atoms with E-state index in [4.69, 9.17) is 0 Å². The van der Waals surface area contributed by atoms with Gasteiger partial charge in [0.2, 0.25) is 0 Å². The maximum Gasteiger partial charge on any atom is 0.171 e. The highest BCUT2D eigenvalue weighted by Gasteiger charge is 2.50. The molecule has 4 rings (SSSR count). The highest BCUT2D eigenvalue weighted by Crippen LogP contribution is 2.51. The predicted octanol–water partition coefficient (Wildman–Crippen LogP) is 2.95. The van der Waals surface area contributed by atoms with Gasteiger partial charge in [-0.1, -0.05) is 48.5 Å². The molecule has 0 unspecified atom stereocenters. The van der Waals surface area contributed by atoms with Crippen molar-refractivity contribution >= 4 is 11.6 Å². The van der Waals surface area contributed by atoms with E-state index in [9.17, 15) is 9.59 Å². The van der Waals surface area contributed by atoms with E-state index in [1.165, 1.54) is 0 Å². The number of carbonyl (C=O) groups is 2. The molecule has 2 aromatic carbocycles. The largest absolute Gasteiger partial charge is 0.293 e. The van der Waals surface area contributed by atoms with Crippen LogP contribution in [0.2, 0.25) is 0 Å². The van der Waals surface area contributed by atoms with Crippen molar-refractivity contribution in [2.45, 2.75) is 11.8 Å². The maximum absolute atomic E-state index is 12.4. The van der Waals surface area contributed by atoms with Gasteiger partial charge in [-0.05, 0) is 11.1 Å². The van der Waals surface area contributed by atoms with Crippen LogP contribution < -0.4 is 0 Å². The zero-order valence-electron chi connectivity index (χ0n) is 9.59. The Labute approximate surface area is 104 Å². The van der Waals surface area contributed by atoms with E-state index in [1.54, 1.807) is 0 Å². The van der Waals surface area contributed by atoms with E-state index in [2.05, 4.69) is 0 Å². The SMILES string of the molecule is O=C1c2ccccc2[C@@H]2C(=O)c3ccccc3[C@H]12. The van der Waals surface area contributed by atoms with Crippen molar-refractivity contribution in [2.24, 2.45) is 0 Å². The molecule has 2 aromatic rings. The summed E-state index contributed by atoms with van der Waals surface area (Å²) in [5, 5.41) is 0. The van der Waals surface area contributed by atoms with Gasteiger partial charge in [0.1, 0.15) is 0 Å². The number of rotatable bonds is 0. The Morgan fingerprint density at radius 3 is 1.44 bits per heavy atom. The summed E-state index contributed by atoms with van der Waals surface area (Å²) in [6, 6.07) is 15.0. The molecule has 0 fully saturated rings. The quantitative estimate of drug-likeness (QED) is 0.702. The Hall–Kier alpha value is -2.22. The summed E-state index contributed by atoms with van der Waals surface area (Å²) in [4.78, 5) is 24.9. The van der Waals surface area contributed by atoms with Crippen LogP contribution in [0.15, 0.2) is 48.5 Å². The van der Waals surface area contributed by atoms with Gasteiger partial charge in [-0.3, -0.25) is 9.59 Å². The minimum atomic E-state index is -0.286. The summed E-state index contributed by atoms with van der Waals surface area (Å²) in [6.45, 7) is 0. The van der Waals surface area contributed by atoms with Crippen molar-refractivity contribution in [3.8, 4) is 0 Å². The molecule has 0 spiro atoms. The van der Waals surface area contributed by atoms with Gasteiger partial charge in [-0.2, -0.15) is 0 Å². The summed E-state index contributed by atoms with van der Waals surface area (Å²) in [6.07, 6.45) is 0. The number of ketones is 2. The van der Waals surface area contributed by atoms with Crippen molar-refractivity contribution < 1.29 is 9.59 Å². The molecule has 18 heavy (non-hydrogen) atoms.